The van der Waals surface area contributed by atoms with Crippen molar-refractivity contribution in [3.8, 4) is 5.75 Å². The SMILES string of the molecule is COc1ccc([N+](=O)[O-])cc1CN1CCOC(C)C1. The predicted octanol–water partition coefficient (Wildman–Crippen LogP) is 1.82. The van der Waals surface area contributed by atoms with Crippen LogP contribution in [0.4, 0.5) is 5.69 Å². The summed E-state index contributed by atoms with van der Waals surface area (Å²) in [6, 6.07) is 4.70. The maximum Gasteiger partial charge on any atom is 0.270 e. The third kappa shape index (κ3) is 3.42. The Morgan fingerprint density at radius 1 is 1.58 bits per heavy atom. The third-order valence-corrected chi connectivity index (χ3v) is 3.19. The van der Waals surface area contributed by atoms with Gasteiger partial charge in [0.15, 0.2) is 0 Å². The molecule has 2 rings (SSSR count). The number of ether oxygens (including phenoxy) is 2. The van der Waals surface area contributed by atoms with E-state index in [2.05, 4.69) is 4.90 Å². The molecule has 0 aliphatic carbocycles. The molecule has 1 saturated heterocycles. The summed E-state index contributed by atoms with van der Waals surface area (Å²) in [4.78, 5) is 12.7. The van der Waals surface area contributed by atoms with E-state index in [0.29, 0.717) is 18.9 Å². The Bertz CT molecular complexity index is 464. The number of benzene rings is 1. The number of rotatable bonds is 4. The van der Waals surface area contributed by atoms with E-state index in [1.54, 1.807) is 19.2 Å². The van der Waals surface area contributed by atoms with Crippen molar-refractivity contribution in [2.45, 2.75) is 19.6 Å². The van der Waals surface area contributed by atoms with Crippen LogP contribution < -0.4 is 4.74 Å². The Morgan fingerprint density at radius 2 is 2.37 bits per heavy atom. The molecule has 1 unspecified atom stereocenters. The first kappa shape index (κ1) is 13.8. The quantitative estimate of drug-likeness (QED) is 0.614. The zero-order chi connectivity index (χ0) is 13.8. The van der Waals surface area contributed by atoms with Gasteiger partial charge in [-0.25, -0.2) is 0 Å². The van der Waals surface area contributed by atoms with E-state index in [1.165, 1.54) is 6.07 Å². The van der Waals surface area contributed by atoms with Crippen LogP contribution in [0.5, 0.6) is 5.75 Å². The van der Waals surface area contributed by atoms with E-state index in [4.69, 9.17) is 9.47 Å². The van der Waals surface area contributed by atoms with E-state index in [0.717, 1.165) is 18.7 Å². The fourth-order valence-electron chi connectivity index (χ4n) is 2.28. The second kappa shape index (κ2) is 5.99. The maximum absolute atomic E-state index is 10.8. The van der Waals surface area contributed by atoms with Gasteiger partial charge in [0, 0.05) is 37.3 Å². The van der Waals surface area contributed by atoms with Crippen LogP contribution in [0.2, 0.25) is 0 Å². The van der Waals surface area contributed by atoms with Crippen LogP contribution in [0, 0.1) is 10.1 Å². The molecule has 1 fully saturated rings. The van der Waals surface area contributed by atoms with Crippen LogP contribution in [0.1, 0.15) is 12.5 Å². The number of non-ortho nitro benzene ring substituents is 1. The van der Waals surface area contributed by atoms with Crippen LogP contribution >= 0.6 is 0 Å². The summed E-state index contributed by atoms with van der Waals surface area (Å²) >= 11 is 0. The topological polar surface area (TPSA) is 64.8 Å². The molecule has 104 valence electrons. The molecule has 1 atom stereocenters. The van der Waals surface area contributed by atoms with Gasteiger partial charge in [0.25, 0.3) is 5.69 Å². The molecule has 6 heteroatoms. The molecule has 1 heterocycles. The number of methoxy groups -OCH3 is 1. The fraction of sp³-hybridized carbons (Fsp3) is 0.538. The molecule has 0 spiro atoms. The Labute approximate surface area is 112 Å². The first-order valence-electron chi connectivity index (χ1n) is 6.25. The van der Waals surface area contributed by atoms with Crippen molar-refractivity contribution < 1.29 is 14.4 Å². The van der Waals surface area contributed by atoms with E-state index >= 15 is 0 Å². The van der Waals surface area contributed by atoms with Gasteiger partial charge in [0.05, 0.1) is 24.7 Å². The van der Waals surface area contributed by atoms with Crippen molar-refractivity contribution in [2.75, 3.05) is 26.8 Å². The van der Waals surface area contributed by atoms with Crippen LogP contribution in [0.25, 0.3) is 0 Å². The molecule has 1 aliphatic heterocycles. The third-order valence-electron chi connectivity index (χ3n) is 3.19. The molecular formula is C13H18N2O4. The van der Waals surface area contributed by atoms with Gasteiger partial charge in [0.1, 0.15) is 5.75 Å². The number of nitro benzene ring substituents is 1. The highest BCUT2D eigenvalue weighted by Gasteiger charge is 2.19. The second-order valence-corrected chi connectivity index (χ2v) is 4.67. The lowest BCUT2D eigenvalue weighted by molar-refractivity contribution is -0.385. The van der Waals surface area contributed by atoms with Crippen LogP contribution in [-0.2, 0) is 11.3 Å². The number of nitrogens with zero attached hydrogens (tertiary/aromatic N) is 2. The van der Waals surface area contributed by atoms with Crippen molar-refractivity contribution in [1.82, 2.24) is 4.90 Å². The maximum atomic E-state index is 10.8. The first-order chi connectivity index (χ1) is 9.10. The molecule has 6 nitrogen and oxygen atoms in total. The molecule has 0 radical (unpaired) electrons. The summed E-state index contributed by atoms with van der Waals surface area (Å²) in [5.41, 5.74) is 0.933. The summed E-state index contributed by atoms with van der Waals surface area (Å²) in [6.45, 7) is 5.01. The lowest BCUT2D eigenvalue weighted by Crippen LogP contribution is -2.40. The van der Waals surface area contributed by atoms with E-state index in [9.17, 15) is 10.1 Å². The molecule has 1 aromatic rings. The minimum atomic E-state index is -0.384. The molecular weight excluding hydrogens is 248 g/mol. The number of nitro groups is 1. The highest BCUT2D eigenvalue weighted by molar-refractivity contribution is 5.43. The number of hydrogen-bond acceptors (Lipinski definition) is 5. The van der Waals surface area contributed by atoms with Gasteiger partial charge in [-0.1, -0.05) is 0 Å². The standard InChI is InChI=1S/C13H18N2O4/c1-10-8-14(5-6-19-10)9-11-7-12(15(16)17)3-4-13(11)18-2/h3-4,7,10H,5-6,8-9H2,1-2H3. The summed E-state index contributed by atoms with van der Waals surface area (Å²) < 4.78 is 10.8. The second-order valence-electron chi connectivity index (χ2n) is 4.67. The largest absolute Gasteiger partial charge is 0.496 e. The Morgan fingerprint density at radius 3 is 3.00 bits per heavy atom. The average molecular weight is 266 g/mol. The summed E-state index contributed by atoms with van der Waals surface area (Å²) in [7, 11) is 1.58. The normalized spacial score (nSPS) is 20.2. The smallest absolute Gasteiger partial charge is 0.270 e. The summed E-state index contributed by atoms with van der Waals surface area (Å²) in [5.74, 6) is 0.685. The minimum Gasteiger partial charge on any atom is -0.496 e. The Kier molecular flexibility index (Phi) is 4.34. The monoisotopic (exact) mass is 266 g/mol. The van der Waals surface area contributed by atoms with Gasteiger partial charge in [-0.3, -0.25) is 15.0 Å². The molecule has 0 amide bonds. The Hall–Kier alpha value is -1.66. The van der Waals surface area contributed by atoms with Gasteiger partial charge in [0.2, 0.25) is 0 Å². The molecule has 0 saturated carbocycles. The highest BCUT2D eigenvalue weighted by atomic mass is 16.6. The molecule has 1 aliphatic rings. The van der Waals surface area contributed by atoms with Gasteiger partial charge >= 0.3 is 0 Å². The van der Waals surface area contributed by atoms with Crippen molar-refractivity contribution >= 4 is 5.69 Å². The summed E-state index contributed by atoms with van der Waals surface area (Å²) in [5, 5.41) is 10.8. The van der Waals surface area contributed by atoms with Gasteiger partial charge in [-0.2, -0.15) is 0 Å². The lowest BCUT2D eigenvalue weighted by atomic mass is 10.1. The van der Waals surface area contributed by atoms with Gasteiger partial charge in [-0.05, 0) is 13.0 Å². The van der Waals surface area contributed by atoms with Crippen molar-refractivity contribution in [3.63, 3.8) is 0 Å². The predicted molar refractivity (Wildman–Crippen MR) is 70.3 cm³/mol. The van der Waals surface area contributed by atoms with Crippen molar-refractivity contribution in [3.05, 3.63) is 33.9 Å². The summed E-state index contributed by atoms with van der Waals surface area (Å²) in [6.07, 6.45) is 0.193. The minimum absolute atomic E-state index is 0.0945. The molecule has 19 heavy (non-hydrogen) atoms. The van der Waals surface area contributed by atoms with Crippen LogP contribution in [0.15, 0.2) is 18.2 Å². The van der Waals surface area contributed by atoms with E-state index in [1.807, 2.05) is 6.92 Å². The van der Waals surface area contributed by atoms with Gasteiger partial charge < -0.3 is 9.47 Å². The highest BCUT2D eigenvalue weighted by Crippen LogP contribution is 2.25. The van der Waals surface area contributed by atoms with E-state index in [-0.39, 0.29) is 16.7 Å². The molecule has 0 N–H and O–H groups in total. The van der Waals surface area contributed by atoms with Crippen molar-refractivity contribution in [2.24, 2.45) is 0 Å². The zero-order valence-electron chi connectivity index (χ0n) is 11.2. The van der Waals surface area contributed by atoms with Crippen molar-refractivity contribution in [1.29, 1.82) is 0 Å². The van der Waals surface area contributed by atoms with Gasteiger partial charge in [-0.15, -0.1) is 0 Å². The fourth-order valence-corrected chi connectivity index (χ4v) is 2.28. The van der Waals surface area contributed by atoms with E-state index < -0.39 is 0 Å². The molecule has 0 aromatic heterocycles. The van der Waals surface area contributed by atoms with Crippen LogP contribution in [0.3, 0.4) is 0 Å². The number of morpholine rings is 1. The lowest BCUT2D eigenvalue weighted by Gasteiger charge is -2.31. The molecule has 1 aromatic carbocycles. The Balaban J connectivity index is 2.17. The average Bonchev–Trinajstić information content (AvgIpc) is 2.38. The van der Waals surface area contributed by atoms with Crippen LogP contribution in [-0.4, -0.2) is 42.7 Å². The number of hydrogen-bond donors (Lipinski definition) is 0. The zero-order valence-corrected chi connectivity index (χ0v) is 11.2. The molecule has 0 bridgehead atoms. The first-order valence-corrected chi connectivity index (χ1v) is 6.25.